The van der Waals surface area contributed by atoms with Gasteiger partial charge in [-0.2, -0.15) is 0 Å². The number of amides is 2. The van der Waals surface area contributed by atoms with Crippen LogP contribution in [0.1, 0.15) is 25.2 Å². The van der Waals surface area contributed by atoms with Gasteiger partial charge in [-0.15, -0.1) is 0 Å². The maximum Gasteiger partial charge on any atom is 0.328 e. The van der Waals surface area contributed by atoms with Crippen molar-refractivity contribution >= 4 is 12.0 Å². The molecule has 0 spiro atoms. The fraction of sp³-hybridized carbons (Fsp3) is 0.462. The van der Waals surface area contributed by atoms with Crippen LogP contribution in [0, 0.1) is 6.92 Å². The van der Waals surface area contributed by atoms with Crippen molar-refractivity contribution in [3.8, 4) is 0 Å². The lowest BCUT2D eigenvalue weighted by Crippen LogP contribution is -2.53. The normalized spacial score (nSPS) is 10.9. The van der Waals surface area contributed by atoms with Gasteiger partial charge in [-0.05, 0) is 32.9 Å². The molecule has 0 saturated heterocycles. The molecule has 2 amide bonds. The minimum absolute atomic E-state index is 0.323. The second-order valence-electron chi connectivity index (χ2n) is 4.99. The molecular formula is C13H19N3O3. The van der Waals surface area contributed by atoms with Crippen LogP contribution in [0.3, 0.4) is 0 Å². The summed E-state index contributed by atoms with van der Waals surface area (Å²) in [5, 5.41) is 11.4. The van der Waals surface area contributed by atoms with Crippen LogP contribution in [-0.2, 0) is 11.3 Å². The minimum atomic E-state index is -1.30. The zero-order valence-corrected chi connectivity index (χ0v) is 11.6. The van der Waals surface area contributed by atoms with E-state index in [0.29, 0.717) is 6.54 Å². The number of hydrogen-bond acceptors (Lipinski definition) is 3. The number of aryl methyl sites for hydroxylation is 1. The zero-order valence-electron chi connectivity index (χ0n) is 11.6. The molecule has 6 nitrogen and oxygen atoms in total. The first kappa shape index (κ1) is 14.9. The highest BCUT2D eigenvalue weighted by atomic mass is 16.4. The maximum absolute atomic E-state index is 11.9. The Labute approximate surface area is 112 Å². The third kappa shape index (κ3) is 4.24. The number of carbonyl (C=O) groups is 2. The first-order valence-corrected chi connectivity index (χ1v) is 5.91. The molecule has 1 rings (SSSR count). The highest BCUT2D eigenvalue weighted by molar-refractivity contribution is 5.85. The van der Waals surface area contributed by atoms with Crippen LogP contribution in [0.2, 0.25) is 0 Å². The monoisotopic (exact) mass is 265 g/mol. The van der Waals surface area contributed by atoms with Crippen LogP contribution < -0.4 is 5.32 Å². The molecule has 19 heavy (non-hydrogen) atoms. The van der Waals surface area contributed by atoms with Crippen molar-refractivity contribution in [1.82, 2.24) is 15.2 Å². The van der Waals surface area contributed by atoms with Crippen molar-refractivity contribution in [1.29, 1.82) is 0 Å². The van der Waals surface area contributed by atoms with E-state index in [-0.39, 0.29) is 0 Å². The van der Waals surface area contributed by atoms with Gasteiger partial charge in [0.25, 0.3) is 0 Å². The predicted octanol–water partition coefficient (Wildman–Crippen LogP) is 1.39. The van der Waals surface area contributed by atoms with Crippen molar-refractivity contribution in [2.24, 2.45) is 0 Å². The lowest BCUT2D eigenvalue weighted by atomic mass is 10.1. The topological polar surface area (TPSA) is 82.5 Å². The number of carboxylic acids is 1. The van der Waals surface area contributed by atoms with Crippen LogP contribution in [0.4, 0.5) is 4.79 Å². The quantitative estimate of drug-likeness (QED) is 0.862. The first-order valence-electron chi connectivity index (χ1n) is 5.91. The Kier molecular flexibility index (Phi) is 4.47. The molecule has 0 aromatic carbocycles. The fourth-order valence-electron chi connectivity index (χ4n) is 1.42. The molecule has 104 valence electrons. The Morgan fingerprint density at radius 2 is 2.05 bits per heavy atom. The van der Waals surface area contributed by atoms with Gasteiger partial charge in [0, 0.05) is 12.7 Å². The summed E-state index contributed by atoms with van der Waals surface area (Å²) in [7, 11) is 1.59. The van der Waals surface area contributed by atoms with Crippen molar-refractivity contribution in [3.05, 3.63) is 29.6 Å². The highest BCUT2D eigenvalue weighted by Crippen LogP contribution is 2.06. The highest BCUT2D eigenvalue weighted by Gasteiger charge is 2.30. The number of urea groups is 1. The molecule has 0 saturated carbocycles. The summed E-state index contributed by atoms with van der Waals surface area (Å²) in [5.41, 5.74) is 0.328. The molecule has 1 heterocycles. The number of rotatable bonds is 4. The summed E-state index contributed by atoms with van der Waals surface area (Å²) in [5.74, 6) is -1.08. The molecule has 0 aliphatic rings. The van der Waals surface area contributed by atoms with E-state index in [9.17, 15) is 9.59 Å². The van der Waals surface area contributed by atoms with Gasteiger partial charge in [0.05, 0.1) is 12.2 Å². The average Bonchev–Trinajstić information content (AvgIpc) is 2.28. The molecule has 1 aromatic rings. The number of aliphatic carboxylic acids is 1. The van der Waals surface area contributed by atoms with Gasteiger partial charge in [0.2, 0.25) is 0 Å². The van der Waals surface area contributed by atoms with Crippen molar-refractivity contribution < 1.29 is 14.7 Å². The molecule has 0 bridgehead atoms. The predicted molar refractivity (Wildman–Crippen MR) is 70.7 cm³/mol. The number of pyridine rings is 1. The third-order valence-corrected chi connectivity index (χ3v) is 2.65. The molecule has 0 aliphatic heterocycles. The second-order valence-corrected chi connectivity index (χ2v) is 4.99. The van der Waals surface area contributed by atoms with E-state index < -0.39 is 17.5 Å². The zero-order chi connectivity index (χ0) is 14.6. The second kappa shape index (κ2) is 5.69. The third-order valence-electron chi connectivity index (χ3n) is 2.65. The van der Waals surface area contributed by atoms with Gasteiger partial charge < -0.3 is 15.3 Å². The molecule has 6 heteroatoms. The summed E-state index contributed by atoms with van der Waals surface area (Å²) in [4.78, 5) is 28.5. The van der Waals surface area contributed by atoms with Crippen LogP contribution in [0.25, 0.3) is 0 Å². The summed E-state index contributed by atoms with van der Waals surface area (Å²) in [6, 6.07) is 5.11. The van der Waals surface area contributed by atoms with E-state index in [1.165, 1.54) is 18.7 Å². The van der Waals surface area contributed by atoms with Crippen molar-refractivity contribution in [3.63, 3.8) is 0 Å². The van der Waals surface area contributed by atoms with Crippen LogP contribution in [0.5, 0.6) is 0 Å². The Bertz CT molecular complexity index is 486. The summed E-state index contributed by atoms with van der Waals surface area (Å²) < 4.78 is 0. The Morgan fingerprint density at radius 3 is 2.58 bits per heavy atom. The van der Waals surface area contributed by atoms with Gasteiger partial charge in [-0.3, -0.25) is 4.98 Å². The molecule has 0 atom stereocenters. The number of nitrogens with one attached hydrogen (secondary N) is 1. The Hall–Kier alpha value is -2.11. The van der Waals surface area contributed by atoms with Crippen molar-refractivity contribution in [2.75, 3.05) is 7.05 Å². The summed E-state index contributed by atoms with van der Waals surface area (Å²) in [6.45, 7) is 5.07. The Balaban J connectivity index is 2.66. The van der Waals surface area contributed by atoms with Crippen LogP contribution in [-0.4, -0.2) is 39.6 Å². The fourth-order valence-corrected chi connectivity index (χ4v) is 1.42. The molecule has 0 aliphatic carbocycles. The first-order chi connectivity index (χ1) is 8.72. The van der Waals surface area contributed by atoms with E-state index in [4.69, 9.17) is 5.11 Å². The number of carbonyl (C=O) groups excluding carboxylic acids is 1. The largest absolute Gasteiger partial charge is 0.480 e. The molecule has 0 unspecified atom stereocenters. The number of carboxylic acid groups (broad SMARTS) is 1. The van der Waals surface area contributed by atoms with E-state index >= 15 is 0 Å². The summed E-state index contributed by atoms with van der Waals surface area (Å²) in [6.07, 6.45) is 0. The number of hydrogen-bond donors (Lipinski definition) is 2. The Morgan fingerprint density at radius 1 is 1.42 bits per heavy atom. The molecular weight excluding hydrogens is 246 g/mol. The van der Waals surface area contributed by atoms with Gasteiger partial charge >= 0.3 is 12.0 Å². The SMILES string of the molecule is Cc1cccc(CN(C)C(=O)NC(C)(C)C(=O)O)n1. The van der Waals surface area contributed by atoms with Crippen molar-refractivity contribution in [2.45, 2.75) is 32.9 Å². The van der Waals surface area contributed by atoms with E-state index in [2.05, 4.69) is 10.3 Å². The van der Waals surface area contributed by atoms with Gasteiger partial charge in [0.1, 0.15) is 5.54 Å². The van der Waals surface area contributed by atoms with Crippen LogP contribution in [0.15, 0.2) is 18.2 Å². The standard InChI is InChI=1S/C13H19N3O3/c1-9-6-5-7-10(14-9)8-16(4)12(19)15-13(2,3)11(17)18/h5-7H,8H2,1-4H3,(H,15,19)(H,17,18). The minimum Gasteiger partial charge on any atom is -0.480 e. The molecule has 1 aromatic heterocycles. The van der Waals surface area contributed by atoms with Gasteiger partial charge in [-0.1, -0.05) is 6.07 Å². The van der Waals surface area contributed by atoms with E-state index in [1.807, 2.05) is 25.1 Å². The number of nitrogens with zero attached hydrogens (tertiary/aromatic N) is 2. The van der Waals surface area contributed by atoms with Crippen LogP contribution >= 0.6 is 0 Å². The lowest BCUT2D eigenvalue weighted by Gasteiger charge is -2.25. The molecule has 2 N–H and O–H groups in total. The smallest absolute Gasteiger partial charge is 0.328 e. The summed E-state index contributed by atoms with van der Waals surface area (Å²) >= 11 is 0. The van der Waals surface area contributed by atoms with E-state index in [1.54, 1.807) is 7.05 Å². The van der Waals surface area contributed by atoms with Gasteiger partial charge in [0.15, 0.2) is 0 Å². The van der Waals surface area contributed by atoms with E-state index in [0.717, 1.165) is 11.4 Å². The maximum atomic E-state index is 11.9. The molecule has 0 fully saturated rings. The lowest BCUT2D eigenvalue weighted by molar-refractivity contribution is -0.143. The van der Waals surface area contributed by atoms with Gasteiger partial charge in [-0.25, -0.2) is 9.59 Å². The molecule has 0 radical (unpaired) electrons. The number of aromatic nitrogens is 1. The average molecular weight is 265 g/mol.